The van der Waals surface area contributed by atoms with Crippen LogP contribution in [0.1, 0.15) is 28.5 Å². The van der Waals surface area contributed by atoms with Crippen molar-refractivity contribution in [2.75, 3.05) is 31.6 Å². The Labute approximate surface area is 146 Å². The molecule has 2 aliphatic heterocycles. The Bertz CT molecular complexity index is 809. The highest BCUT2D eigenvalue weighted by Gasteiger charge is 2.24. The lowest BCUT2D eigenvalue weighted by Crippen LogP contribution is -2.36. The summed E-state index contributed by atoms with van der Waals surface area (Å²) in [5, 5.41) is 11.6. The first-order valence-electron chi connectivity index (χ1n) is 8.53. The third-order valence-electron chi connectivity index (χ3n) is 4.37. The lowest BCUT2D eigenvalue weighted by molar-refractivity contribution is 0.0732. The Morgan fingerprint density at radius 3 is 2.88 bits per heavy atom. The molecule has 2 aliphatic rings. The van der Waals surface area contributed by atoms with Crippen molar-refractivity contribution in [3.8, 4) is 11.5 Å². The van der Waals surface area contributed by atoms with Crippen LogP contribution in [-0.4, -0.2) is 47.3 Å². The standard InChI is InChI=1S/C18H20N4O3/c1-2-19-17-10-13-11-22(6-5-14(13)20-21-17)18(23)12-3-4-15-16(9-12)25-8-7-24-15/h3-4,9-10H,2,5-8,11H2,1H3,(H,19,21). The molecule has 1 aromatic heterocycles. The zero-order valence-corrected chi connectivity index (χ0v) is 14.1. The first kappa shape index (κ1) is 15.7. The molecule has 130 valence electrons. The molecular formula is C18H20N4O3. The molecule has 0 fully saturated rings. The van der Waals surface area contributed by atoms with E-state index in [0.717, 1.165) is 23.6 Å². The lowest BCUT2D eigenvalue weighted by Gasteiger charge is -2.28. The Morgan fingerprint density at radius 2 is 2.04 bits per heavy atom. The number of benzene rings is 1. The third kappa shape index (κ3) is 3.09. The number of rotatable bonds is 3. The molecule has 1 amide bonds. The van der Waals surface area contributed by atoms with Crippen molar-refractivity contribution in [2.24, 2.45) is 0 Å². The largest absolute Gasteiger partial charge is 0.486 e. The number of amides is 1. The molecular weight excluding hydrogens is 320 g/mol. The second-order valence-electron chi connectivity index (χ2n) is 6.07. The molecule has 7 nitrogen and oxygen atoms in total. The maximum absolute atomic E-state index is 12.9. The van der Waals surface area contributed by atoms with E-state index in [0.29, 0.717) is 49.8 Å². The van der Waals surface area contributed by atoms with Crippen molar-refractivity contribution in [3.05, 3.63) is 41.1 Å². The van der Waals surface area contributed by atoms with Gasteiger partial charge in [0.2, 0.25) is 0 Å². The van der Waals surface area contributed by atoms with Gasteiger partial charge in [-0.25, -0.2) is 0 Å². The SMILES string of the molecule is CCNc1cc2c(nn1)CCN(C(=O)c1ccc3c(c1)OCCO3)C2. The Balaban J connectivity index is 1.54. The van der Waals surface area contributed by atoms with E-state index in [9.17, 15) is 4.79 Å². The summed E-state index contributed by atoms with van der Waals surface area (Å²) in [4.78, 5) is 14.7. The van der Waals surface area contributed by atoms with E-state index in [4.69, 9.17) is 9.47 Å². The van der Waals surface area contributed by atoms with E-state index >= 15 is 0 Å². The average Bonchev–Trinajstić information content (AvgIpc) is 2.66. The van der Waals surface area contributed by atoms with E-state index in [1.165, 1.54) is 0 Å². The van der Waals surface area contributed by atoms with Crippen molar-refractivity contribution >= 4 is 11.7 Å². The molecule has 0 aliphatic carbocycles. The molecule has 0 spiro atoms. The van der Waals surface area contributed by atoms with Crippen LogP contribution in [0.15, 0.2) is 24.3 Å². The van der Waals surface area contributed by atoms with Crippen molar-refractivity contribution in [1.82, 2.24) is 15.1 Å². The molecule has 7 heteroatoms. The van der Waals surface area contributed by atoms with Crippen LogP contribution in [0.2, 0.25) is 0 Å². The fourth-order valence-electron chi connectivity index (χ4n) is 3.13. The van der Waals surface area contributed by atoms with Gasteiger partial charge in [0.1, 0.15) is 19.0 Å². The second kappa shape index (κ2) is 6.58. The summed E-state index contributed by atoms with van der Waals surface area (Å²) in [5.41, 5.74) is 2.62. The number of fused-ring (bicyclic) bond motifs is 2. The summed E-state index contributed by atoms with van der Waals surface area (Å²) in [6.45, 7) is 5.02. The van der Waals surface area contributed by atoms with E-state index in [1.807, 2.05) is 17.9 Å². The summed E-state index contributed by atoms with van der Waals surface area (Å²) in [5.74, 6) is 2.06. The lowest BCUT2D eigenvalue weighted by atomic mass is 10.0. The highest BCUT2D eigenvalue weighted by molar-refractivity contribution is 5.95. The second-order valence-corrected chi connectivity index (χ2v) is 6.07. The number of carbonyl (C=O) groups excluding carboxylic acids is 1. The van der Waals surface area contributed by atoms with Gasteiger partial charge in [0, 0.05) is 31.6 Å². The maximum Gasteiger partial charge on any atom is 0.254 e. The van der Waals surface area contributed by atoms with Crippen LogP contribution in [0.25, 0.3) is 0 Å². The van der Waals surface area contributed by atoms with Gasteiger partial charge < -0.3 is 19.7 Å². The summed E-state index contributed by atoms with van der Waals surface area (Å²) in [6, 6.07) is 7.34. The average molecular weight is 340 g/mol. The number of ether oxygens (including phenoxy) is 2. The molecule has 1 N–H and O–H groups in total. The fourth-order valence-corrected chi connectivity index (χ4v) is 3.13. The fraction of sp³-hybridized carbons (Fsp3) is 0.389. The quantitative estimate of drug-likeness (QED) is 0.919. The van der Waals surface area contributed by atoms with Crippen LogP contribution in [0.4, 0.5) is 5.82 Å². The number of aromatic nitrogens is 2. The van der Waals surface area contributed by atoms with Crippen molar-refractivity contribution in [1.29, 1.82) is 0 Å². The molecule has 1 aromatic carbocycles. The first-order valence-corrected chi connectivity index (χ1v) is 8.53. The molecule has 0 saturated heterocycles. The predicted octanol–water partition coefficient (Wildman–Crippen LogP) is 1.88. The predicted molar refractivity (Wildman–Crippen MR) is 92.1 cm³/mol. The number of nitrogens with zero attached hydrogens (tertiary/aromatic N) is 3. The van der Waals surface area contributed by atoms with Crippen molar-refractivity contribution in [3.63, 3.8) is 0 Å². The van der Waals surface area contributed by atoms with Gasteiger partial charge in [0.05, 0.1) is 5.69 Å². The minimum atomic E-state index is -0.00978. The number of hydrogen-bond donors (Lipinski definition) is 1. The van der Waals surface area contributed by atoms with Gasteiger partial charge in [-0.15, -0.1) is 5.10 Å². The monoisotopic (exact) mass is 340 g/mol. The van der Waals surface area contributed by atoms with E-state index in [-0.39, 0.29) is 5.91 Å². The number of carbonyl (C=O) groups is 1. The minimum Gasteiger partial charge on any atom is -0.486 e. The van der Waals surface area contributed by atoms with Crippen molar-refractivity contribution < 1.29 is 14.3 Å². The third-order valence-corrected chi connectivity index (χ3v) is 4.37. The Kier molecular flexibility index (Phi) is 4.13. The molecule has 0 atom stereocenters. The molecule has 0 saturated carbocycles. The van der Waals surface area contributed by atoms with Gasteiger partial charge in [-0.3, -0.25) is 4.79 Å². The van der Waals surface area contributed by atoms with E-state index < -0.39 is 0 Å². The van der Waals surface area contributed by atoms with Gasteiger partial charge >= 0.3 is 0 Å². The van der Waals surface area contributed by atoms with Crippen LogP contribution in [0, 0.1) is 0 Å². The van der Waals surface area contributed by atoms with Crippen LogP contribution in [-0.2, 0) is 13.0 Å². The van der Waals surface area contributed by atoms with E-state index in [2.05, 4.69) is 15.5 Å². The van der Waals surface area contributed by atoms with Gasteiger partial charge in [0.25, 0.3) is 5.91 Å². The zero-order valence-electron chi connectivity index (χ0n) is 14.1. The number of hydrogen-bond acceptors (Lipinski definition) is 6. The minimum absolute atomic E-state index is 0.00978. The molecule has 3 heterocycles. The van der Waals surface area contributed by atoms with Gasteiger partial charge in [0.15, 0.2) is 11.5 Å². The highest BCUT2D eigenvalue weighted by Crippen LogP contribution is 2.31. The molecule has 0 radical (unpaired) electrons. The van der Waals surface area contributed by atoms with Crippen molar-refractivity contribution in [2.45, 2.75) is 19.9 Å². The molecule has 0 unspecified atom stereocenters. The molecule has 4 rings (SSSR count). The number of anilines is 1. The van der Waals surface area contributed by atoms with Crippen LogP contribution < -0.4 is 14.8 Å². The molecule has 2 aromatic rings. The smallest absolute Gasteiger partial charge is 0.254 e. The topological polar surface area (TPSA) is 76.6 Å². The summed E-state index contributed by atoms with van der Waals surface area (Å²) >= 11 is 0. The maximum atomic E-state index is 12.9. The molecule has 25 heavy (non-hydrogen) atoms. The normalized spacial score (nSPS) is 15.5. The highest BCUT2D eigenvalue weighted by atomic mass is 16.6. The van der Waals surface area contributed by atoms with Gasteiger partial charge in [-0.2, -0.15) is 5.10 Å². The molecule has 0 bridgehead atoms. The Hall–Kier alpha value is -2.83. The zero-order chi connectivity index (χ0) is 17.2. The summed E-state index contributed by atoms with van der Waals surface area (Å²) < 4.78 is 11.1. The summed E-state index contributed by atoms with van der Waals surface area (Å²) in [6.07, 6.45) is 0.713. The van der Waals surface area contributed by atoms with Crippen LogP contribution in [0.5, 0.6) is 11.5 Å². The van der Waals surface area contributed by atoms with Crippen LogP contribution >= 0.6 is 0 Å². The first-order chi connectivity index (χ1) is 12.2. The van der Waals surface area contributed by atoms with Gasteiger partial charge in [-0.05, 0) is 36.8 Å². The Morgan fingerprint density at radius 1 is 1.20 bits per heavy atom. The van der Waals surface area contributed by atoms with Crippen LogP contribution in [0.3, 0.4) is 0 Å². The van der Waals surface area contributed by atoms with E-state index in [1.54, 1.807) is 18.2 Å². The number of nitrogens with one attached hydrogen (secondary N) is 1. The van der Waals surface area contributed by atoms with Gasteiger partial charge in [-0.1, -0.05) is 0 Å². The summed E-state index contributed by atoms with van der Waals surface area (Å²) in [7, 11) is 0.